The van der Waals surface area contributed by atoms with Gasteiger partial charge in [-0.3, -0.25) is 0 Å². The van der Waals surface area contributed by atoms with Crippen molar-refractivity contribution in [3.63, 3.8) is 0 Å². The van der Waals surface area contributed by atoms with Crippen molar-refractivity contribution in [2.24, 2.45) is 5.41 Å². The predicted molar refractivity (Wildman–Crippen MR) is 106 cm³/mol. The highest BCUT2D eigenvalue weighted by atomic mass is 16.5. The largest absolute Gasteiger partial charge is 0.497 e. The molecule has 0 saturated carbocycles. The Kier molecular flexibility index (Phi) is 5.18. The number of rotatable bonds is 4. The minimum absolute atomic E-state index is 0.304. The van der Waals surface area contributed by atoms with Crippen LogP contribution in [-0.2, 0) is 6.42 Å². The molecule has 2 aromatic rings. The van der Waals surface area contributed by atoms with Crippen molar-refractivity contribution < 1.29 is 9.53 Å². The van der Waals surface area contributed by atoms with Crippen LogP contribution in [0.25, 0.3) is 5.70 Å². The summed E-state index contributed by atoms with van der Waals surface area (Å²) in [7, 11) is 1.58. The first-order valence-electron chi connectivity index (χ1n) is 8.96. The van der Waals surface area contributed by atoms with Gasteiger partial charge in [0.05, 0.1) is 24.4 Å². The fourth-order valence-electron chi connectivity index (χ4n) is 3.46. The quantitative estimate of drug-likeness (QED) is 0.827. The SMILES string of the molecule is CC[C@@]1(C)Cc2ccccc2C(NC(=O)Nc2cccc(OC)c2)=C1C#N. The highest BCUT2D eigenvalue weighted by molar-refractivity contribution is 5.97. The van der Waals surface area contributed by atoms with Crippen molar-refractivity contribution in [1.82, 2.24) is 5.32 Å². The Labute approximate surface area is 159 Å². The number of hydrogen-bond donors (Lipinski definition) is 2. The molecule has 0 aliphatic heterocycles. The summed E-state index contributed by atoms with van der Waals surface area (Å²) in [5.41, 5.74) is 3.56. The van der Waals surface area contributed by atoms with Crippen molar-refractivity contribution in [2.45, 2.75) is 26.7 Å². The van der Waals surface area contributed by atoms with Gasteiger partial charge in [0.2, 0.25) is 0 Å². The van der Waals surface area contributed by atoms with E-state index in [1.165, 1.54) is 0 Å². The summed E-state index contributed by atoms with van der Waals surface area (Å²) in [6, 6.07) is 17.0. The van der Waals surface area contributed by atoms with Crippen molar-refractivity contribution in [3.8, 4) is 11.8 Å². The summed E-state index contributed by atoms with van der Waals surface area (Å²) in [6.45, 7) is 4.14. The van der Waals surface area contributed by atoms with Crippen LogP contribution in [0.5, 0.6) is 5.75 Å². The van der Waals surface area contributed by atoms with E-state index in [1.807, 2.05) is 24.3 Å². The number of nitrogens with one attached hydrogen (secondary N) is 2. The smallest absolute Gasteiger partial charge is 0.323 e. The van der Waals surface area contributed by atoms with Crippen LogP contribution in [0.3, 0.4) is 0 Å². The summed E-state index contributed by atoms with van der Waals surface area (Å²) in [5.74, 6) is 0.659. The van der Waals surface area contributed by atoms with E-state index >= 15 is 0 Å². The number of nitrogens with zero attached hydrogens (tertiary/aromatic N) is 1. The van der Waals surface area contributed by atoms with Crippen molar-refractivity contribution in [2.75, 3.05) is 12.4 Å². The number of ether oxygens (including phenoxy) is 1. The molecule has 3 rings (SSSR count). The molecular formula is C22H23N3O2. The maximum Gasteiger partial charge on any atom is 0.323 e. The molecule has 0 bridgehead atoms. The van der Waals surface area contributed by atoms with Crippen LogP contribution in [0.4, 0.5) is 10.5 Å². The van der Waals surface area contributed by atoms with Crippen molar-refractivity contribution >= 4 is 17.4 Å². The highest BCUT2D eigenvalue weighted by Crippen LogP contribution is 2.43. The van der Waals surface area contributed by atoms with Gasteiger partial charge in [0.25, 0.3) is 0 Å². The summed E-state index contributed by atoms with van der Waals surface area (Å²) >= 11 is 0. The van der Waals surface area contributed by atoms with E-state index in [-0.39, 0.29) is 11.4 Å². The minimum Gasteiger partial charge on any atom is -0.497 e. The molecule has 2 amide bonds. The fraction of sp³-hybridized carbons (Fsp3) is 0.273. The monoisotopic (exact) mass is 361 g/mol. The fourth-order valence-corrected chi connectivity index (χ4v) is 3.46. The standard InChI is InChI=1S/C22H23N3O2/c1-4-22(2)13-15-8-5-6-11-18(15)20(19(22)14-23)25-21(26)24-16-9-7-10-17(12-16)27-3/h5-12H,4,13H2,1-3H3,(H2,24,25,26)/t22-/m0/s1. The maximum absolute atomic E-state index is 12.6. The zero-order valence-corrected chi connectivity index (χ0v) is 15.8. The number of carbonyl (C=O) groups excluding carboxylic acids is 1. The average molecular weight is 361 g/mol. The zero-order valence-electron chi connectivity index (χ0n) is 15.8. The molecule has 5 heteroatoms. The van der Waals surface area contributed by atoms with Gasteiger partial charge in [-0.25, -0.2) is 4.79 Å². The Morgan fingerprint density at radius 1 is 1.22 bits per heavy atom. The van der Waals surface area contributed by atoms with E-state index in [4.69, 9.17) is 4.74 Å². The topological polar surface area (TPSA) is 74.2 Å². The van der Waals surface area contributed by atoms with E-state index in [1.54, 1.807) is 25.3 Å². The van der Waals surface area contributed by atoms with E-state index in [0.29, 0.717) is 22.7 Å². The van der Waals surface area contributed by atoms with Gasteiger partial charge in [0.1, 0.15) is 5.75 Å². The number of carbonyl (C=O) groups is 1. The molecule has 138 valence electrons. The first-order chi connectivity index (χ1) is 13.0. The van der Waals surface area contributed by atoms with Gasteiger partial charge in [-0.1, -0.05) is 44.2 Å². The molecule has 0 unspecified atom stereocenters. The van der Waals surface area contributed by atoms with Crippen LogP contribution >= 0.6 is 0 Å². The second-order valence-corrected chi connectivity index (χ2v) is 6.92. The number of methoxy groups -OCH3 is 1. The molecular weight excluding hydrogens is 338 g/mol. The lowest BCUT2D eigenvalue weighted by Gasteiger charge is -2.35. The number of anilines is 1. The third kappa shape index (κ3) is 3.65. The van der Waals surface area contributed by atoms with Gasteiger partial charge >= 0.3 is 6.03 Å². The molecule has 0 radical (unpaired) electrons. The predicted octanol–water partition coefficient (Wildman–Crippen LogP) is 4.72. The molecule has 2 N–H and O–H groups in total. The zero-order chi connectivity index (χ0) is 19.4. The van der Waals surface area contributed by atoms with Crippen LogP contribution in [0.1, 0.15) is 31.4 Å². The molecule has 0 heterocycles. The van der Waals surface area contributed by atoms with Crippen LogP contribution in [0, 0.1) is 16.7 Å². The maximum atomic E-state index is 12.6. The Hall–Kier alpha value is -3.26. The third-order valence-corrected chi connectivity index (χ3v) is 5.18. The molecule has 1 atom stereocenters. The summed E-state index contributed by atoms with van der Waals surface area (Å²) in [6.07, 6.45) is 1.60. The molecule has 27 heavy (non-hydrogen) atoms. The van der Waals surface area contributed by atoms with Crippen LogP contribution < -0.4 is 15.4 Å². The van der Waals surface area contributed by atoms with Gasteiger partial charge in [0, 0.05) is 22.7 Å². The molecule has 5 nitrogen and oxygen atoms in total. The van der Waals surface area contributed by atoms with Gasteiger partial charge in [-0.15, -0.1) is 0 Å². The number of hydrogen-bond acceptors (Lipinski definition) is 3. The molecule has 2 aromatic carbocycles. The molecule has 0 fully saturated rings. The van der Waals surface area contributed by atoms with Crippen molar-refractivity contribution in [3.05, 3.63) is 65.2 Å². The number of fused-ring (bicyclic) bond motifs is 1. The molecule has 0 spiro atoms. The van der Waals surface area contributed by atoms with E-state index < -0.39 is 0 Å². The number of amides is 2. The Morgan fingerprint density at radius 3 is 2.70 bits per heavy atom. The summed E-state index contributed by atoms with van der Waals surface area (Å²) in [5, 5.41) is 15.6. The Balaban J connectivity index is 1.94. The lowest BCUT2D eigenvalue weighted by atomic mass is 9.69. The lowest BCUT2D eigenvalue weighted by Crippen LogP contribution is -2.35. The van der Waals surface area contributed by atoms with Gasteiger partial charge < -0.3 is 15.4 Å². The number of nitriles is 1. The van der Waals surface area contributed by atoms with Crippen LogP contribution in [0.2, 0.25) is 0 Å². The normalized spacial score (nSPS) is 18.3. The Bertz CT molecular complexity index is 943. The van der Waals surface area contributed by atoms with Crippen molar-refractivity contribution in [1.29, 1.82) is 5.26 Å². The second-order valence-electron chi connectivity index (χ2n) is 6.92. The first-order valence-corrected chi connectivity index (χ1v) is 8.96. The lowest BCUT2D eigenvalue weighted by molar-refractivity contribution is 0.255. The second kappa shape index (κ2) is 7.55. The van der Waals surface area contributed by atoms with Gasteiger partial charge in [-0.05, 0) is 30.5 Å². The molecule has 0 saturated heterocycles. The van der Waals surface area contributed by atoms with Gasteiger partial charge in [-0.2, -0.15) is 5.26 Å². The van der Waals surface area contributed by atoms with Crippen LogP contribution in [-0.4, -0.2) is 13.1 Å². The molecule has 1 aliphatic rings. The molecule has 1 aliphatic carbocycles. The number of benzene rings is 2. The molecule has 0 aromatic heterocycles. The minimum atomic E-state index is -0.388. The number of allylic oxidation sites excluding steroid dienone is 1. The third-order valence-electron chi connectivity index (χ3n) is 5.18. The summed E-state index contributed by atoms with van der Waals surface area (Å²) < 4.78 is 5.19. The van der Waals surface area contributed by atoms with E-state index in [2.05, 4.69) is 36.6 Å². The average Bonchev–Trinajstić information content (AvgIpc) is 2.68. The van der Waals surface area contributed by atoms with E-state index in [0.717, 1.165) is 24.0 Å². The van der Waals surface area contributed by atoms with E-state index in [9.17, 15) is 10.1 Å². The van der Waals surface area contributed by atoms with Gasteiger partial charge in [0.15, 0.2) is 0 Å². The highest BCUT2D eigenvalue weighted by Gasteiger charge is 2.36. The first kappa shape index (κ1) is 18.5. The Morgan fingerprint density at radius 2 is 2.00 bits per heavy atom. The number of urea groups is 1. The van der Waals surface area contributed by atoms with Crippen LogP contribution in [0.15, 0.2) is 54.1 Å². The summed E-state index contributed by atoms with van der Waals surface area (Å²) in [4.78, 5) is 12.6.